The highest BCUT2D eigenvalue weighted by molar-refractivity contribution is 9.10. The highest BCUT2D eigenvalue weighted by Gasteiger charge is 2.11. The van der Waals surface area contributed by atoms with Crippen molar-refractivity contribution >= 4 is 51.2 Å². The van der Waals surface area contributed by atoms with E-state index in [2.05, 4.69) is 36.7 Å². The number of methoxy groups -OCH3 is 2. The van der Waals surface area contributed by atoms with Gasteiger partial charge in [-0.2, -0.15) is 5.10 Å². The zero-order valence-corrected chi connectivity index (χ0v) is 18.8. The number of benzene rings is 2. The number of carbonyl (C=O) groups is 1. The number of thioether (sulfide) groups is 1. The summed E-state index contributed by atoms with van der Waals surface area (Å²) < 4.78 is 12.0. The molecule has 0 atom stereocenters. The van der Waals surface area contributed by atoms with Crippen LogP contribution in [0.5, 0.6) is 11.5 Å². The molecule has 0 spiro atoms. The number of amides is 1. The maximum absolute atomic E-state index is 12.0. The van der Waals surface area contributed by atoms with Crippen LogP contribution >= 0.6 is 39.0 Å². The Labute approximate surface area is 184 Å². The SMILES string of the molecule is COc1cc(C=NNC(=O)CSc2nnc(-c3ccccc3)s2)cc(Br)c1OC. The molecule has 2 aromatic carbocycles. The summed E-state index contributed by atoms with van der Waals surface area (Å²) in [6.07, 6.45) is 1.54. The number of nitrogens with zero attached hydrogens (tertiary/aromatic N) is 3. The van der Waals surface area contributed by atoms with Crippen LogP contribution in [0.3, 0.4) is 0 Å². The molecule has 29 heavy (non-hydrogen) atoms. The maximum Gasteiger partial charge on any atom is 0.250 e. The van der Waals surface area contributed by atoms with Crippen molar-refractivity contribution in [2.24, 2.45) is 5.10 Å². The van der Waals surface area contributed by atoms with E-state index in [9.17, 15) is 4.79 Å². The van der Waals surface area contributed by atoms with Crippen LogP contribution in [-0.2, 0) is 4.79 Å². The van der Waals surface area contributed by atoms with Crippen LogP contribution in [0.2, 0.25) is 0 Å². The summed E-state index contributed by atoms with van der Waals surface area (Å²) in [7, 11) is 3.12. The zero-order valence-electron chi connectivity index (χ0n) is 15.6. The lowest BCUT2D eigenvalue weighted by Gasteiger charge is -2.10. The quantitative estimate of drug-likeness (QED) is 0.287. The van der Waals surface area contributed by atoms with Gasteiger partial charge in [0.2, 0.25) is 0 Å². The molecule has 0 aliphatic heterocycles. The predicted octanol–water partition coefficient (Wildman–Crippen LogP) is 4.23. The second-order valence-electron chi connectivity index (χ2n) is 5.56. The van der Waals surface area contributed by atoms with E-state index >= 15 is 0 Å². The van der Waals surface area contributed by atoms with Crippen molar-refractivity contribution in [3.8, 4) is 22.1 Å². The standard InChI is InChI=1S/C19H17BrN4O3S2/c1-26-15-9-12(8-14(20)17(15)27-2)10-21-22-16(25)11-28-19-24-23-18(29-19)13-6-4-3-5-7-13/h3-10H,11H2,1-2H3,(H,22,25). The van der Waals surface area contributed by atoms with Crippen molar-refractivity contribution in [3.05, 3.63) is 52.5 Å². The highest BCUT2D eigenvalue weighted by atomic mass is 79.9. The molecule has 0 aliphatic rings. The molecule has 1 heterocycles. The highest BCUT2D eigenvalue weighted by Crippen LogP contribution is 2.35. The van der Waals surface area contributed by atoms with Crippen molar-refractivity contribution < 1.29 is 14.3 Å². The average molecular weight is 493 g/mol. The van der Waals surface area contributed by atoms with Crippen LogP contribution in [-0.4, -0.2) is 42.3 Å². The van der Waals surface area contributed by atoms with Crippen LogP contribution in [0, 0.1) is 0 Å². The van der Waals surface area contributed by atoms with Gasteiger partial charge in [0.1, 0.15) is 5.01 Å². The summed E-state index contributed by atoms with van der Waals surface area (Å²) in [4.78, 5) is 12.0. The molecule has 7 nitrogen and oxygen atoms in total. The van der Waals surface area contributed by atoms with Crippen LogP contribution < -0.4 is 14.9 Å². The summed E-state index contributed by atoms with van der Waals surface area (Å²) >= 11 is 6.19. The molecule has 1 amide bonds. The molecule has 150 valence electrons. The Bertz CT molecular complexity index is 1010. The lowest BCUT2D eigenvalue weighted by molar-refractivity contribution is -0.118. The van der Waals surface area contributed by atoms with Gasteiger partial charge in [0.25, 0.3) is 5.91 Å². The number of nitrogens with one attached hydrogen (secondary N) is 1. The number of ether oxygens (including phenoxy) is 2. The van der Waals surface area contributed by atoms with Crippen molar-refractivity contribution in [2.45, 2.75) is 4.34 Å². The zero-order chi connectivity index (χ0) is 20.6. The molecular formula is C19H17BrN4O3S2. The Morgan fingerprint density at radius 3 is 2.76 bits per heavy atom. The van der Waals surface area contributed by atoms with E-state index in [4.69, 9.17) is 9.47 Å². The van der Waals surface area contributed by atoms with Gasteiger partial charge in [0.05, 0.1) is 30.7 Å². The van der Waals surface area contributed by atoms with Gasteiger partial charge in [0.15, 0.2) is 15.8 Å². The summed E-state index contributed by atoms with van der Waals surface area (Å²) in [6.45, 7) is 0. The molecule has 3 aromatic rings. The van der Waals surface area contributed by atoms with Crippen LogP contribution in [0.4, 0.5) is 0 Å². The van der Waals surface area contributed by atoms with Crippen molar-refractivity contribution in [2.75, 3.05) is 20.0 Å². The third-order valence-electron chi connectivity index (χ3n) is 3.61. The Balaban J connectivity index is 1.53. The van der Waals surface area contributed by atoms with Gasteiger partial charge < -0.3 is 9.47 Å². The van der Waals surface area contributed by atoms with Crippen LogP contribution in [0.15, 0.2) is 56.4 Å². The summed E-state index contributed by atoms with van der Waals surface area (Å²) in [5.41, 5.74) is 4.26. The first-order valence-corrected chi connectivity index (χ1v) is 11.0. The molecular weight excluding hydrogens is 476 g/mol. The number of rotatable bonds is 8. The van der Waals surface area contributed by atoms with Crippen molar-refractivity contribution in [3.63, 3.8) is 0 Å². The fourth-order valence-electron chi connectivity index (χ4n) is 2.32. The number of hydrogen-bond donors (Lipinski definition) is 1. The second kappa shape index (κ2) is 10.4. The fraction of sp³-hybridized carbons (Fsp3) is 0.158. The molecule has 0 fully saturated rings. The van der Waals surface area contributed by atoms with E-state index in [1.54, 1.807) is 20.3 Å². The van der Waals surface area contributed by atoms with Crippen LogP contribution in [0.1, 0.15) is 5.56 Å². The number of carbonyl (C=O) groups excluding carboxylic acids is 1. The Kier molecular flexibility index (Phi) is 7.62. The normalized spacial score (nSPS) is 10.9. The minimum Gasteiger partial charge on any atom is -0.493 e. The molecule has 0 unspecified atom stereocenters. The maximum atomic E-state index is 12.0. The van der Waals surface area contributed by atoms with Gasteiger partial charge in [-0.3, -0.25) is 4.79 Å². The molecule has 0 saturated carbocycles. The minimum absolute atomic E-state index is 0.191. The number of halogens is 1. The number of hydrogen-bond acceptors (Lipinski definition) is 8. The van der Waals surface area contributed by atoms with Gasteiger partial charge in [-0.1, -0.05) is 53.4 Å². The van der Waals surface area contributed by atoms with E-state index < -0.39 is 0 Å². The van der Waals surface area contributed by atoms with Crippen molar-refractivity contribution in [1.29, 1.82) is 0 Å². The van der Waals surface area contributed by atoms with Gasteiger partial charge in [-0.25, -0.2) is 5.43 Å². The van der Waals surface area contributed by atoms with E-state index in [0.717, 1.165) is 24.9 Å². The molecule has 0 saturated heterocycles. The largest absolute Gasteiger partial charge is 0.493 e. The smallest absolute Gasteiger partial charge is 0.250 e. The molecule has 1 aromatic heterocycles. The monoisotopic (exact) mass is 492 g/mol. The lowest BCUT2D eigenvalue weighted by atomic mass is 10.2. The molecule has 10 heteroatoms. The fourth-order valence-corrected chi connectivity index (χ4v) is 4.59. The van der Waals surface area contributed by atoms with Gasteiger partial charge in [-0.05, 0) is 33.6 Å². The number of hydrazone groups is 1. The van der Waals surface area contributed by atoms with Gasteiger partial charge in [-0.15, -0.1) is 10.2 Å². The summed E-state index contributed by atoms with van der Waals surface area (Å²) in [5.74, 6) is 1.12. The summed E-state index contributed by atoms with van der Waals surface area (Å²) in [5, 5.41) is 13.1. The van der Waals surface area contributed by atoms with E-state index in [1.165, 1.54) is 29.3 Å². The summed E-state index contributed by atoms with van der Waals surface area (Å²) in [6, 6.07) is 13.4. The minimum atomic E-state index is -0.234. The molecule has 0 bridgehead atoms. The second-order valence-corrected chi connectivity index (χ2v) is 8.61. The van der Waals surface area contributed by atoms with E-state index in [0.29, 0.717) is 11.5 Å². The van der Waals surface area contributed by atoms with Gasteiger partial charge in [0, 0.05) is 5.56 Å². The molecule has 3 rings (SSSR count). The number of aromatic nitrogens is 2. The molecule has 1 N–H and O–H groups in total. The first kappa shape index (κ1) is 21.3. The third-order valence-corrected chi connectivity index (χ3v) is 6.31. The van der Waals surface area contributed by atoms with Gasteiger partial charge >= 0.3 is 0 Å². The third kappa shape index (κ3) is 5.78. The van der Waals surface area contributed by atoms with E-state index in [-0.39, 0.29) is 11.7 Å². The van der Waals surface area contributed by atoms with Crippen molar-refractivity contribution in [1.82, 2.24) is 15.6 Å². The average Bonchev–Trinajstić information content (AvgIpc) is 3.21. The topological polar surface area (TPSA) is 85.7 Å². The van der Waals surface area contributed by atoms with E-state index in [1.807, 2.05) is 36.4 Å². The van der Waals surface area contributed by atoms with Crippen LogP contribution in [0.25, 0.3) is 10.6 Å². The Hall–Kier alpha value is -2.43. The molecule has 0 radical (unpaired) electrons. The first-order valence-electron chi connectivity index (χ1n) is 8.36. The Morgan fingerprint density at radius 2 is 2.03 bits per heavy atom. The molecule has 0 aliphatic carbocycles. The lowest BCUT2D eigenvalue weighted by Crippen LogP contribution is -2.19. The first-order chi connectivity index (χ1) is 14.1. The Morgan fingerprint density at radius 1 is 1.24 bits per heavy atom. The predicted molar refractivity (Wildman–Crippen MR) is 119 cm³/mol.